The molecule has 0 aliphatic carbocycles. The summed E-state index contributed by atoms with van der Waals surface area (Å²) in [6.07, 6.45) is 0. The fourth-order valence-electron chi connectivity index (χ4n) is 1.88. The molecule has 2 rings (SSSR count). The molecule has 3 nitrogen and oxygen atoms in total. The van der Waals surface area contributed by atoms with Crippen molar-refractivity contribution >= 4 is 29.1 Å². The van der Waals surface area contributed by atoms with E-state index in [1.807, 2.05) is 6.07 Å². The maximum absolute atomic E-state index is 6.05. The van der Waals surface area contributed by atoms with Gasteiger partial charge in [-0.2, -0.15) is 0 Å². The monoisotopic (exact) mass is 298 g/mol. The van der Waals surface area contributed by atoms with Gasteiger partial charge in [0.2, 0.25) is 5.88 Å². The minimum Gasteiger partial charge on any atom is -0.367 e. The molecule has 0 saturated heterocycles. The SMILES string of the molecule is CC(C)C(C)c1noc(N)c1-c1ccc(Cl)c(Cl)c1. The summed E-state index contributed by atoms with van der Waals surface area (Å²) in [5, 5.41) is 5.09. The van der Waals surface area contributed by atoms with Crippen LogP contribution < -0.4 is 5.73 Å². The number of hydrogen-bond acceptors (Lipinski definition) is 3. The van der Waals surface area contributed by atoms with Gasteiger partial charge in [-0.05, 0) is 23.6 Å². The molecule has 1 unspecified atom stereocenters. The van der Waals surface area contributed by atoms with Crippen LogP contribution in [0, 0.1) is 5.92 Å². The van der Waals surface area contributed by atoms with Crippen LogP contribution in [-0.4, -0.2) is 5.16 Å². The number of nitrogen functional groups attached to an aromatic ring is 1. The standard InChI is InChI=1S/C14H16Cl2N2O/c1-7(2)8(3)13-12(14(17)19-18-13)9-4-5-10(15)11(16)6-9/h4-8H,17H2,1-3H3. The van der Waals surface area contributed by atoms with E-state index in [0.29, 0.717) is 21.8 Å². The van der Waals surface area contributed by atoms with E-state index in [2.05, 4.69) is 25.9 Å². The lowest BCUT2D eigenvalue weighted by Crippen LogP contribution is -2.04. The molecule has 0 radical (unpaired) electrons. The Kier molecular flexibility index (Phi) is 4.07. The molecule has 0 amide bonds. The molecule has 0 saturated carbocycles. The van der Waals surface area contributed by atoms with Gasteiger partial charge in [0.05, 0.1) is 21.3 Å². The van der Waals surface area contributed by atoms with Gasteiger partial charge in [0.25, 0.3) is 0 Å². The molecule has 0 bridgehead atoms. The molecule has 1 heterocycles. The molecule has 5 heteroatoms. The largest absolute Gasteiger partial charge is 0.367 e. The van der Waals surface area contributed by atoms with Crippen LogP contribution in [0.2, 0.25) is 10.0 Å². The first-order valence-electron chi connectivity index (χ1n) is 6.12. The van der Waals surface area contributed by atoms with Crippen molar-refractivity contribution in [3.63, 3.8) is 0 Å². The Morgan fingerprint density at radius 3 is 2.42 bits per heavy atom. The van der Waals surface area contributed by atoms with Crippen molar-refractivity contribution in [1.29, 1.82) is 0 Å². The molecule has 0 aliphatic heterocycles. The van der Waals surface area contributed by atoms with Crippen LogP contribution in [0.1, 0.15) is 32.4 Å². The Labute approximate surface area is 122 Å². The van der Waals surface area contributed by atoms with Crippen LogP contribution in [-0.2, 0) is 0 Å². The molecule has 0 spiro atoms. The Bertz CT molecular complexity index is 593. The topological polar surface area (TPSA) is 52.0 Å². The zero-order valence-electron chi connectivity index (χ0n) is 11.1. The summed E-state index contributed by atoms with van der Waals surface area (Å²) < 4.78 is 5.14. The van der Waals surface area contributed by atoms with Gasteiger partial charge in [0.15, 0.2) is 0 Å². The van der Waals surface area contributed by atoms with E-state index in [0.717, 1.165) is 16.8 Å². The van der Waals surface area contributed by atoms with Gasteiger partial charge in [-0.1, -0.05) is 55.2 Å². The predicted molar refractivity (Wildman–Crippen MR) is 79.6 cm³/mol. The quantitative estimate of drug-likeness (QED) is 0.868. The second-order valence-corrected chi connectivity index (χ2v) is 5.78. The summed E-state index contributed by atoms with van der Waals surface area (Å²) in [4.78, 5) is 0. The first-order valence-corrected chi connectivity index (χ1v) is 6.87. The molecule has 1 aromatic carbocycles. The lowest BCUT2D eigenvalue weighted by Gasteiger charge is -2.14. The van der Waals surface area contributed by atoms with Crippen LogP contribution in [0.3, 0.4) is 0 Å². The molecule has 2 aromatic rings. The average Bonchev–Trinajstić information content (AvgIpc) is 2.73. The van der Waals surface area contributed by atoms with Gasteiger partial charge < -0.3 is 10.3 Å². The first kappa shape index (κ1) is 14.2. The lowest BCUT2D eigenvalue weighted by molar-refractivity contribution is 0.407. The van der Waals surface area contributed by atoms with E-state index in [4.69, 9.17) is 33.5 Å². The molecule has 1 aromatic heterocycles. The fourth-order valence-corrected chi connectivity index (χ4v) is 2.18. The van der Waals surface area contributed by atoms with Gasteiger partial charge >= 0.3 is 0 Å². The predicted octanol–water partition coefficient (Wildman–Crippen LogP) is 4.99. The van der Waals surface area contributed by atoms with Crippen molar-refractivity contribution in [2.24, 2.45) is 5.92 Å². The lowest BCUT2D eigenvalue weighted by atomic mass is 9.90. The van der Waals surface area contributed by atoms with E-state index in [9.17, 15) is 0 Å². The van der Waals surface area contributed by atoms with Crippen LogP contribution in [0.15, 0.2) is 22.7 Å². The van der Waals surface area contributed by atoms with Gasteiger partial charge in [-0.25, -0.2) is 0 Å². The third kappa shape index (κ3) is 2.72. The van der Waals surface area contributed by atoms with Crippen molar-refractivity contribution in [3.8, 4) is 11.1 Å². The minimum absolute atomic E-state index is 0.241. The summed E-state index contributed by atoms with van der Waals surface area (Å²) in [6, 6.07) is 5.40. The van der Waals surface area contributed by atoms with Gasteiger partial charge in [-0.3, -0.25) is 0 Å². The summed E-state index contributed by atoms with van der Waals surface area (Å²) in [5.74, 6) is 0.984. The van der Waals surface area contributed by atoms with Crippen LogP contribution in [0.4, 0.5) is 5.88 Å². The number of hydrogen-bond donors (Lipinski definition) is 1. The minimum atomic E-state index is 0.241. The zero-order chi connectivity index (χ0) is 14.2. The highest BCUT2D eigenvalue weighted by Crippen LogP contribution is 2.38. The highest BCUT2D eigenvalue weighted by atomic mass is 35.5. The Balaban J connectivity index is 2.55. The Hall–Kier alpha value is -1.19. The van der Waals surface area contributed by atoms with Crippen molar-refractivity contribution in [3.05, 3.63) is 33.9 Å². The highest BCUT2D eigenvalue weighted by Gasteiger charge is 2.23. The molecule has 2 N–H and O–H groups in total. The average molecular weight is 299 g/mol. The number of nitrogens with two attached hydrogens (primary N) is 1. The second kappa shape index (κ2) is 5.43. The van der Waals surface area contributed by atoms with E-state index < -0.39 is 0 Å². The van der Waals surface area contributed by atoms with Crippen molar-refractivity contribution in [2.45, 2.75) is 26.7 Å². The molecule has 0 aliphatic rings. The molecule has 102 valence electrons. The maximum Gasteiger partial charge on any atom is 0.230 e. The highest BCUT2D eigenvalue weighted by molar-refractivity contribution is 6.42. The molecule has 1 atom stereocenters. The molecular formula is C14H16Cl2N2O. The summed E-state index contributed by atoms with van der Waals surface area (Å²) >= 11 is 12.0. The van der Waals surface area contributed by atoms with Gasteiger partial charge in [0, 0.05) is 5.92 Å². The number of rotatable bonds is 3. The van der Waals surface area contributed by atoms with E-state index >= 15 is 0 Å². The van der Waals surface area contributed by atoms with Crippen molar-refractivity contribution < 1.29 is 4.52 Å². The smallest absolute Gasteiger partial charge is 0.230 e. The summed E-state index contributed by atoms with van der Waals surface area (Å²) in [7, 11) is 0. The van der Waals surface area contributed by atoms with E-state index in [1.54, 1.807) is 12.1 Å². The number of benzene rings is 1. The molecular weight excluding hydrogens is 283 g/mol. The number of halogens is 2. The number of aromatic nitrogens is 1. The van der Waals surface area contributed by atoms with Crippen LogP contribution >= 0.6 is 23.2 Å². The Morgan fingerprint density at radius 2 is 1.84 bits per heavy atom. The summed E-state index contributed by atoms with van der Waals surface area (Å²) in [5.41, 5.74) is 8.42. The van der Waals surface area contributed by atoms with Crippen LogP contribution in [0.5, 0.6) is 0 Å². The first-order chi connectivity index (χ1) is 8.91. The third-order valence-corrected chi connectivity index (χ3v) is 4.12. The van der Waals surface area contributed by atoms with Crippen LogP contribution in [0.25, 0.3) is 11.1 Å². The fraction of sp³-hybridized carbons (Fsp3) is 0.357. The van der Waals surface area contributed by atoms with Gasteiger partial charge in [0.1, 0.15) is 0 Å². The third-order valence-electron chi connectivity index (χ3n) is 3.38. The molecule has 0 fully saturated rings. The van der Waals surface area contributed by atoms with E-state index in [-0.39, 0.29) is 5.92 Å². The Morgan fingerprint density at radius 1 is 1.16 bits per heavy atom. The number of anilines is 1. The molecule has 19 heavy (non-hydrogen) atoms. The maximum atomic E-state index is 6.05. The van der Waals surface area contributed by atoms with Crippen molar-refractivity contribution in [1.82, 2.24) is 5.16 Å². The second-order valence-electron chi connectivity index (χ2n) is 4.97. The zero-order valence-corrected chi connectivity index (χ0v) is 12.6. The van der Waals surface area contributed by atoms with Gasteiger partial charge in [-0.15, -0.1) is 0 Å². The van der Waals surface area contributed by atoms with E-state index in [1.165, 1.54) is 0 Å². The number of nitrogens with zero attached hydrogens (tertiary/aromatic N) is 1. The normalized spacial score (nSPS) is 12.9. The van der Waals surface area contributed by atoms with Crippen molar-refractivity contribution in [2.75, 3.05) is 5.73 Å². The summed E-state index contributed by atoms with van der Waals surface area (Å²) in [6.45, 7) is 6.37.